The van der Waals surface area contributed by atoms with Crippen molar-refractivity contribution in [3.05, 3.63) is 126 Å². The topological polar surface area (TPSA) is 95.8 Å². The lowest BCUT2D eigenvalue weighted by Crippen LogP contribution is -2.25. The largest absolute Gasteiger partial charge is 0.506 e. The third-order valence-electron chi connectivity index (χ3n) is 6.50. The minimum absolute atomic E-state index is 0.115. The summed E-state index contributed by atoms with van der Waals surface area (Å²) in [6.07, 6.45) is 0. The van der Waals surface area contributed by atoms with E-state index in [0.717, 1.165) is 0 Å². The number of nitrogens with zero attached hydrogens (tertiary/aromatic N) is 2. The summed E-state index contributed by atoms with van der Waals surface area (Å²) < 4.78 is 3.67. The van der Waals surface area contributed by atoms with Gasteiger partial charge in [0, 0.05) is 21.4 Å². The summed E-state index contributed by atoms with van der Waals surface area (Å²) in [7, 11) is 0. The predicted octanol–water partition coefficient (Wildman–Crippen LogP) is 8.29. The zero-order chi connectivity index (χ0) is 29.0. The fraction of sp³-hybridized carbons (Fsp3) is 0.111. The average molecular weight is 748 g/mol. The number of phenols is 1. The smallest absolute Gasteiger partial charge is 0.275 e. The van der Waals surface area contributed by atoms with Crippen LogP contribution in [0, 0.1) is 13.8 Å². The standard InChI is InChI=1S/C27H18Br2Cl4N4O3/c1-11-22(26(39)36(34-11)14-3-5-18(30)20(32)9-14)24(16-7-13(28)8-17(29)25(16)38)23-12(2)35-37(27(23)40)15-4-6-19(31)21(33)10-15/h3-10,24,34-35,38H,1-2H3. The molecule has 206 valence electrons. The first-order chi connectivity index (χ1) is 18.9. The van der Waals surface area contributed by atoms with E-state index in [1.54, 1.807) is 62.4 Å². The number of benzene rings is 3. The van der Waals surface area contributed by atoms with Gasteiger partial charge in [-0.1, -0.05) is 62.3 Å². The van der Waals surface area contributed by atoms with Gasteiger partial charge in [-0.15, -0.1) is 0 Å². The molecular formula is C27H18Br2Cl4N4O3. The Bertz CT molecular complexity index is 1820. The molecular weight excluding hydrogens is 730 g/mol. The van der Waals surface area contributed by atoms with Gasteiger partial charge in [0.15, 0.2) is 0 Å². The Kier molecular flexibility index (Phi) is 8.09. The van der Waals surface area contributed by atoms with Crippen molar-refractivity contribution in [2.45, 2.75) is 19.8 Å². The summed E-state index contributed by atoms with van der Waals surface area (Å²) >= 11 is 31.5. The molecule has 0 atom stereocenters. The Morgan fingerprint density at radius 2 is 1.18 bits per heavy atom. The second kappa shape index (κ2) is 11.1. The van der Waals surface area contributed by atoms with E-state index in [4.69, 9.17) is 46.4 Å². The van der Waals surface area contributed by atoms with Crippen molar-refractivity contribution in [3.63, 3.8) is 0 Å². The number of hydrogen-bond donors (Lipinski definition) is 3. The highest BCUT2D eigenvalue weighted by molar-refractivity contribution is 9.11. The van der Waals surface area contributed by atoms with Crippen LogP contribution in [0.15, 0.2) is 67.1 Å². The van der Waals surface area contributed by atoms with E-state index in [9.17, 15) is 14.7 Å². The third kappa shape index (κ3) is 5.08. The Morgan fingerprint density at radius 1 is 0.725 bits per heavy atom. The van der Waals surface area contributed by atoms with Crippen LogP contribution in [0.1, 0.15) is 34.0 Å². The number of rotatable bonds is 5. The number of H-pyrrole nitrogens is 2. The van der Waals surface area contributed by atoms with E-state index in [2.05, 4.69) is 42.1 Å². The fourth-order valence-electron chi connectivity index (χ4n) is 4.67. The van der Waals surface area contributed by atoms with Gasteiger partial charge < -0.3 is 5.11 Å². The lowest BCUT2D eigenvalue weighted by Gasteiger charge is -2.18. The van der Waals surface area contributed by atoms with Crippen molar-refractivity contribution in [2.75, 3.05) is 0 Å². The quantitative estimate of drug-likeness (QED) is 0.169. The van der Waals surface area contributed by atoms with Crippen LogP contribution in [0.25, 0.3) is 11.4 Å². The third-order valence-corrected chi connectivity index (χ3v) is 9.04. The summed E-state index contributed by atoms with van der Waals surface area (Å²) in [5.41, 5.74) is 1.85. The van der Waals surface area contributed by atoms with Gasteiger partial charge in [-0.3, -0.25) is 19.8 Å². The SMILES string of the molecule is Cc1[nH]n(-c2ccc(Cl)c(Cl)c2)c(=O)c1C(c1cc(Br)cc(Br)c1O)c1c(C)[nH]n(-c2ccc(Cl)c(Cl)c2)c1=O. The highest BCUT2D eigenvalue weighted by atomic mass is 79.9. The minimum atomic E-state index is -0.977. The van der Waals surface area contributed by atoms with Crippen LogP contribution in [0.4, 0.5) is 0 Å². The molecule has 7 nitrogen and oxygen atoms in total. The van der Waals surface area contributed by atoms with Gasteiger partial charge in [-0.2, -0.15) is 0 Å². The average Bonchev–Trinajstić information content (AvgIpc) is 3.35. The van der Waals surface area contributed by atoms with E-state index in [1.807, 2.05) is 0 Å². The number of nitrogens with one attached hydrogen (secondary N) is 2. The first-order valence-corrected chi connectivity index (χ1v) is 14.7. The Labute approximate surface area is 264 Å². The first-order valence-electron chi connectivity index (χ1n) is 11.6. The van der Waals surface area contributed by atoms with Crippen molar-refractivity contribution in [2.24, 2.45) is 0 Å². The Morgan fingerprint density at radius 3 is 1.60 bits per heavy atom. The van der Waals surface area contributed by atoms with Crippen molar-refractivity contribution in [3.8, 4) is 17.1 Å². The number of aromatic hydroxyl groups is 1. The number of aromatic nitrogens is 4. The van der Waals surface area contributed by atoms with E-state index in [0.29, 0.717) is 47.3 Å². The summed E-state index contributed by atoms with van der Waals surface area (Å²) in [6, 6.07) is 12.9. The maximum atomic E-state index is 14.0. The van der Waals surface area contributed by atoms with Gasteiger partial charge in [-0.25, -0.2) is 9.36 Å². The van der Waals surface area contributed by atoms with E-state index < -0.39 is 17.0 Å². The molecule has 2 aromatic heterocycles. The van der Waals surface area contributed by atoms with Gasteiger partial charge in [-0.05, 0) is 78.3 Å². The highest BCUT2D eigenvalue weighted by Crippen LogP contribution is 2.42. The molecule has 0 spiro atoms. The van der Waals surface area contributed by atoms with E-state index in [-0.39, 0.29) is 26.9 Å². The molecule has 0 saturated heterocycles. The number of aromatic amines is 2. The van der Waals surface area contributed by atoms with Crippen LogP contribution in [-0.2, 0) is 0 Å². The van der Waals surface area contributed by atoms with Crippen molar-refractivity contribution in [1.29, 1.82) is 0 Å². The summed E-state index contributed by atoms with van der Waals surface area (Å²) in [6.45, 7) is 3.45. The molecule has 40 heavy (non-hydrogen) atoms. The van der Waals surface area contributed by atoms with E-state index >= 15 is 0 Å². The molecule has 0 aliphatic rings. The van der Waals surface area contributed by atoms with Crippen LogP contribution in [-0.4, -0.2) is 24.7 Å². The molecule has 13 heteroatoms. The summed E-state index contributed by atoms with van der Waals surface area (Å²) in [5.74, 6) is -1.09. The monoisotopic (exact) mass is 744 g/mol. The molecule has 3 aromatic carbocycles. The molecule has 0 unspecified atom stereocenters. The number of aryl methyl sites for hydroxylation is 2. The fourth-order valence-corrected chi connectivity index (χ4v) is 6.52. The maximum absolute atomic E-state index is 14.0. The van der Waals surface area contributed by atoms with Gasteiger partial charge >= 0.3 is 0 Å². The molecule has 3 N–H and O–H groups in total. The lowest BCUT2D eigenvalue weighted by molar-refractivity contribution is 0.463. The zero-order valence-corrected chi connectivity index (χ0v) is 26.8. The second-order valence-electron chi connectivity index (χ2n) is 9.04. The molecule has 0 aliphatic heterocycles. The van der Waals surface area contributed by atoms with Gasteiger partial charge in [0.2, 0.25) is 0 Å². The second-order valence-corrected chi connectivity index (χ2v) is 12.4. The van der Waals surface area contributed by atoms with Crippen LogP contribution >= 0.6 is 78.3 Å². The van der Waals surface area contributed by atoms with Crippen LogP contribution in [0.2, 0.25) is 20.1 Å². The molecule has 2 heterocycles. The van der Waals surface area contributed by atoms with Crippen molar-refractivity contribution in [1.82, 2.24) is 19.6 Å². The minimum Gasteiger partial charge on any atom is -0.506 e. The highest BCUT2D eigenvalue weighted by Gasteiger charge is 2.33. The van der Waals surface area contributed by atoms with Gasteiger partial charge in [0.25, 0.3) is 11.1 Å². The Balaban J connectivity index is 1.82. The molecule has 0 radical (unpaired) electrons. The lowest BCUT2D eigenvalue weighted by atomic mass is 9.85. The normalized spacial score (nSPS) is 11.5. The first kappa shape index (κ1) is 29.1. The van der Waals surface area contributed by atoms with Crippen LogP contribution in [0.5, 0.6) is 5.75 Å². The van der Waals surface area contributed by atoms with Crippen LogP contribution in [0.3, 0.4) is 0 Å². The molecule has 0 fully saturated rings. The molecule has 0 saturated carbocycles. The number of hydrogen-bond acceptors (Lipinski definition) is 3. The van der Waals surface area contributed by atoms with Gasteiger partial charge in [0.05, 0.1) is 53.0 Å². The zero-order valence-electron chi connectivity index (χ0n) is 20.6. The van der Waals surface area contributed by atoms with E-state index in [1.165, 1.54) is 9.36 Å². The van der Waals surface area contributed by atoms with Crippen molar-refractivity contribution < 1.29 is 5.11 Å². The van der Waals surface area contributed by atoms with Gasteiger partial charge in [0.1, 0.15) is 5.75 Å². The molecule has 5 aromatic rings. The number of halogens is 6. The molecule has 0 aliphatic carbocycles. The molecule has 0 amide bonds. The Hall–Kier alpha value is -2.40. The van der Waals surface area contributed by atoms with Crippen LogP contribution < -0.4 is 11.1 Å². The summed E-state index contributed by atoms with van der Waals surface area (Å²) in [4.78, 5) is 28.1. The number of phenolic OH excluding ortho intramolecular Hbond substituents is 1. The molecule has 0 bridgehead atoms. The summed E-state index contributed by atoms with van der Waals surface area (Å²) in [5, 5.41) is 18.6. The maximum Gasteiger partial charge on any atom is 0.275 e. The predicted molar refractivity (Wildman–Crippen MR) is 167 cm³/mol. The molecule has 5 rings (SSSR count). The van der Waals surface area contributed by atoms with Crippen molar-refractivity contribution >= 4 is 78.3 Å².